The summed E-state index contributed by atoms with van der Waals surface area (Å²) in [5.41, 5.74) is -0.317. The molecular formula is C23H29F3N2O4S2. The van der Waals surface area contributed by atoms with Crippen LogP contribution in [0.25, 0.3) is 0 Å². The third-order valence-electron chi connectivity index (χ3n) is 6.29. The number of allylic oxidation sites excluding steroid dienone is 3. The number of carbonyl (C=O) groups excluding carboxylic acids is 1. The molecule has 0 saturated carbocycles. The first-order valence-corrected chi connectivity index (χ1v) is 13.6. The van der Waals surface area contributed by atoms with Gasteiger partial charge in [0.05, 0.1) is 30.2 Å². The van der Waals surface area contributed by atoms with E-state index in [-0.39, 0.29) is 35.1 Å². The highest BCUT2D eigenvalue weighted by Gasteiger charge is 2.38. The van der Waals surface area contributed by atoms with Gasteiger partial charge in [0.15, 0.2) is 0 Å². The molecule has 2 aliphatic heterocycles. The molecule has 2 fully saturated rings. The first-order valence-electron chi connectivity index (χ1n) is 10.9. The van der Waals surface area contributed by atoms with Crippen LogP contribution in [-0.2, 0) is 19.4 Å². The van der Waals surface area contributed by atoms with Crippen LogP contribution in [0.2, 0.25) is 0 Å². The van der Waals surface area contributed by atoms with Gasteiger partial charge in [-0.25, -0.2) is 8.42 Å². The molecule has 0 N–H and O–H groups in total. The molecular weight excluding hydrogens is 489 g/mol. The quantitative estimate of drug-likeness (QED) is 0.415. The normalized spacial score (nSPS) is 22.6. The number of piperazine rings is 1. The van der Waals surface area contributed by atoms with Crippen LogP contribution in [0.4, 0.5) is 13.2 Å². The lowest BCUT2D eigenvalue weighted by molar-refractivity contribution is -0.140. The highest BCUT2D eigenvalue weighted by molar-refractivity contribution is 7.91. The van der Waals surface area contributed by atoms with E-state index in [4.69, 9.17) is 4.74 Å². The fraction of sp³-hybridized carbons (Fsp3) is 0.522. The molecule has 1 amide bonds. The van der Waals surface area contributed by atoms with Crippen molar-refractivity contribution >= 4 is 27.1 Å². The second kappa shape index (κ2) is 10.6. The average molecular weight is 519 g/mol. The number of rotatable bonds is 6. The molecule has 0 spiro atoms. The van der Waals surface area contributed by atoms with E-state index in [0.29, 0.717) is 38.2 Å². The monoisotopic (exact) mass is 518 g/mol. The Labute approximate surface area is 202 Å². The van der Waals surface area contributed by atoms with E-state index in [0.717, 1.165) is 11.8 Å². The maximum atomic E-state index is 13.3. The van der Waals surface area contributed by atoms with Gasteiger partial charge in [-0.1, -0.05) is 12.6 Å². The molecule has 34 heavy (non-hydrogen) atoms. The summed E-state index contributed by atoms with van der Waals surface area (Å²) in [6.45, 7) is 6.28. The van der Waals surface area contributed by atoms with Gasteiger partial charge in [0.2, 0.25) is 5.91 Å². The summed E-state index contributed by atoms with van der Waals surface area (Å²) in [6.07, 6.45) is -1.09. The molecule has 6 nitrogen and oxygen atoms in total. The molecule has 3 rings (SSSR count). The zero-order valence-corrected chi connectivity index (χ0v) is 20.8. The molecule has 0 radical (unpaired) electrons. The Bertz CT molecular complexity index is 1050. The number of halogens is 3. The minimum Gasteiger partial charge on any atom is -0.496 e. The minimum absolute atomic E-state index is 0.0291. The summed E-state index contributed by atoms with van der Waals surface area (Å²) >= 11 is 1.52. The molecule has 1 unspecified atom stereocenters. The SMILES string of the molecule is C=C(/C=C\C(OC)=C(/C)C(F)(F)F)N1CCN(C(=O)C2CCS(=O)(=O)CC2)C(c2cccs2)C1. The summed E-state index contributed by atoms with van der Waals surface area (Å²) in [6, 6.07) is 3.60. The zero-order chi connectivity index (χ0) is 25.1. The number of carbonyl (C=O) groups is 1. The highest BCUT2D eigenvalue weighted by atomic mass is 32.2. The summed E-state index contributed by atoms with van der Waals surface area (Å²) in [5, 5.41) is 1.93. The number of methoxy groups -OCH3 is 1. The van der Waals surface area contributed by atoms with Crippen molar-refractivity contribution in [1.82, 2.24) is 9.80 Å². The van der Waals surface area contributed by atoms with Crippen LogP contribution in [0.3, 0.4) is 0 Å². The third-order valence-corrected chi connectivity index (χ3v) is 8.98. The summed E-state index contributed by atoms with van der Waals surface area (Å²) < 4.78 is 67.5. The van der Waals surface area contributed by atoms with Crippen LogP contribution < -0.4 is 0 Å². The van der Waals surface area contributed by atoms with Crippen molar-refractivity contribution in [2.24, 2.45) is 5.92 Å². The number of thiophene rings is 1. The molecule has 2 saturated heterocycles. The smallest absolute Gasteiger partial charge is 0.415 e. The van der Waals surface area contributed by atoms with Crippen molar-refractivity contribution < 1.29 is 31.1 Å². The van der Waals surface area contributed by atoms with Crippen molar-refractivity contribution in [3.63, 3.8) is 0 Å². The fourth-order valence-corrected chi connectivity index (χ4v) is 6.49. The van der Waals surface area contributed by atoms with Crippen LogP contribution in [-0.4, -0.2) is 68.6 Å². The molecule has 2 aliphatic rings. The topological polar surface area (TPSA) is 66.9 Å². The van der Waals surface area contributed by atoms with Crippen LogP contribution in [0.5, 0.6) is 0 Å². The molecule has 0 aliphatic carbocycles. The average Bonchev–Trinajstić information content (AvgIpc) is 3.32. The van der Waals surface area contributed by atoms with Gasteiger partial charge in [-0.2, -0.15) is 13.2 Å². The Morgan fingerprint density at radius 3 is 2.47 bits per heavy atom. The Morgan fingerprint density at radius 2 is 1.91 bits per heavy atom. The van der Waals surface area contributed by atoms with Crippen molar-refractivity contribution in [2.45, 2.75) is 32.0 Å². The lowest BCUT2D eigenvalue weighted by atomic mass is 9.98. The van der Waals surface area contributed by atoms with Crippen molar-refractivity contribution in [3.05, 3.63) is 58.2 Å². The third kappa shape index (κ3) is 6.24. The zero-order valence-electron chi connectivity index (χ0n) is 19.2. The van der Waals surface area contributed by atoms with Gasteiger partial charge in [0, 0.05) is 36.1 Å². The van der Waals surface area contributed by atoms with Gasteiger partial charge in [0.1, 0.15) is 15.6 Å². The standard InChI is InChI=1S/C23H29F3N2O4S2/c1-16(6-7-20(32-3)17(2)23(24,25)26)27-10-11-28(19(15-27)21-5-4-12-33-21)22(29)18-8-13-34(30,31)14-9-18/h4-7,12,18-19H,1,8-11,13-15H2,2-3H3/b7-6-,20-17-. The van der Waals surface area contributed by atoms with E-state index in [1.807, 2.05) is 27.3 Å². The Balaban J connectivity index is 1.75. The molecule has 0 bridgehead atoms. The van der Waals surface area contributed by atoms with Crippen molar-refractivity contribution in [2.75, 3.05) is 38.2 Å². The predicted octanol–water partition coefficient (Wildman–Crippen LogP) is 4.31. The molecule has 11 heteroatoms. The van der Waals surface area contributed by atoms with E-state index in [1.165, 1.54) is 30.6 Å². The van der Waals surface area contributed by atoms with E-state index in [1.54, 1.807) is 0 Å². The molecule has 1 atom stereocenters. The van der Waals surface area contributed by atoms with Gasteiger partial charge in [-0.05, 0) is 43.4 Å². The highest BCUT2D eigenvalue weighted by Crippen LogP contribution is 2.34. The van der Waals surface area contributed by atoms with Crippen LogP contribution >= 0.6 is 11.3 Å². The molecule has 1 aromatic heterocycles. The Kier molecular flexibility index (Phi) is 8.18. The second-order valence-corrected chi connectivity index (χ2v) is 11.7. The summed E-state index contributed by atoms with van der Waals surface area (Å²) in [4.78, 5) is 18.1. The molecule has 1 aromatic rings. The Morgan fingerprint density at radius 1 is 1.24 bits per heavy atom. The minimum atomic E-state index is -4.49. The maximum Gasteiger partial charge on any atom is 0.415 e. The lowest BCUT2D eigenvalue weighted by Gasteiger charge is -2.44. The fourth-order valence-electron chi connectivity index (χ4n) is 4.17. The molecule has 0 aromatic carbocycles. The van der Waals surface area contributed by atoms with Crippen LogP contribution in [0.1, 0.15) is 30.7 Å². The predicted molar refractivity (Wildman–Crippen MR) is 126 cm³/mol. The van der Waals surface area contributed by atoms with E-state index < -0.39 is 21.6 Å². The number of ether oxygens (including phenoxy) is 1. The lowest BCUT2D eigenvalue weighted by Crippen LogP contribution is -2.52. The van der Waals surface area contributed by atoms with Crippen molar-refractivity contribution in [1.29, 1.82) is 0 Å². The number of sulfone groups is 1. The van der Waals surface area contributed by atoms with Crippen LogP contribution in [0, 0.1) is 5.92 Å². The number of amides is 1. The summed E-state index contributed by atoms with van der Waals surface area (Å²) in [5.74, 6) is -0.590. The number of hydrogen-bond acceptors (Lipinski definition) is 6. The van der Waals surface area contributed by atoms with E-state index in [9.17, 15) is 26.4 Å². The molecule has 188 valence electrons. The number of hydrogen-bond donors (Lipinski definition) is 0. The Hall–Kier alpha value is -2.27. The maximum absolute atomic E-state index is 13.3. The van der Waals surface area contributed by atoms with E-state index >= 15 is 0 Å². The van der Waals surface area contributed by atoms with E-state index in [2.05, 4.69) is 6.58 Å². The number of alkyl halides is 3. The molecule has 3 heterocycles. The second-order valence-electron chi connectivity index (χ2n) is 8.45. The van der Waals surface area contributed by atoms with Gasteiger partial charge in [-0.15, -0.1) is 11.3 Å². The largest absolute Gasteiger partial charge is 0.496 e. The van der Waals surface area contributed by atoms with Gasteiger partial charge in [0.25, 0.3) is 0 Å². The summed E-state index contributed by atoms with van der Waals surface area (Å²) in [7, 11) is -1.88. The van der Waals surface area contributed by atoms with Gasteiger partial charge >= 0.3 is 6.18 Å². The number of nitrogens with zero attached hydrogens (tertiary/aromatic N) is 2. The van der Waals surface area contributed by atoms with Crippen LogP contribution in [0.15, 0.2) is 53.3 Å². The first-order chi connectivity index (χ1) is 15.9. The van der Waals surface area contributed by atoms with Gasteiger partial charge in [-0.3, -0.25) is 4.79 Å². The van der Waals surface area contributed by atoms with Gasteiger partial charge < -0.3 is 14.5 Å². The first kappa shape index (κ1) is 26.3. The van der Waals surface area contributed by atoms with Crippen molar-refractivity contribution in [3.8, 4) is 0 Å².